The number of rotatable bonds is 5. The Balaban J connectivity index is 2.38. The Labute approximate surface area is 119 Å². The third-order valence-electron chi connectivity index (χ3n) is 2.99. The van der Waals surface area contributed by atoms with Gasteiger partial charge in [-0.05, 0) is 30.2 Å². The number of aromatic nitrogens is 1. The first-order valence-electron chi connectivity index (χ1n) is 6.05. The minimum Gasteiger partial charge on any atom is -0.481 e. The molecule has 0 aliphatic heterocycles. The molecule has 7 heteroatoms. The molecule has 1 aromatic carbocycles. The number of pyridine rings is 1. The predicted octanol–water partition coefficient (Wildman–Crippen LogP) is 2.54. The molecule has 0 aliphatic carbocycles. The number of hydrogen-bond donors (Lipinski definition) is 1. The van der Waals surface area contributed by atoms with Gasteiger partial charge in [-0.3, -0.25) is 19.9 Å². The summed E-state index contributed by atoms with van der Waals surface area (Å²) in [5.74, 6) is -2.83. The van der Waals surface area contributed by atoms with Crippen LogP contribution in [0.15, 0.2) is 42.6 Å². The lowest BCUT2D eigenvalue weighted by molar-refractivity contribution is -0.386. The molecular weight excluding hydrogens is 279 g/mol. The Hall–Kier alpha value is -2.83. The van der Waals surface area contributed by atoms with Gasteiger partial charge < -0.3 is 5.11 Å². The lowest BCUT2D eigenvalue weighted by atomic mass is 9.95. The van der Waals surface area contributed by atoms with Gasteiger partial charge >= 0.3 is 5.97 Å². The molecule has 2 rings (SSSR count). The highest BCUT2D eigenvalue weighted by Crippen LogP contribution is 2.27. The van der Waals surface area contributed by atoms with Crippen molar-refractivity contribution < 1.29 is 19.2 Å². The topological polar surface area (TPSA) is 93.3 Å². The average Bonchev–Trinajstić information content (AvgIpc) is 2.46. The van der Waals surface area contributed by atoms with E-state index < -0.39 is 22.6 Å². The van der Waals surface area contributed by atoms with Crippen molar-refractivity contribution in [3.8, 4) is 0 Å². The summed E-state index contributed by atoms with van der Waals surface area (Å²) in [7, 11) is 0. The molecule has 0 amide bonds. The van der Waals surface area contributed by atoms with Gasteiger partial charge in [0.1, 0.15) is 17.4 Å². The SMILES string of the molecule is O=C(O)C(Cc1ccc(F)cc1)c1ncccc1[N+](=O)[O-]. The van der Waals surface area contributed by atoms with Gasteiger partial charge in [-0.15, -0.1) is 0 Å². The number of aliphatic carboxylic acids is 1. The molecule has 1 unspecified atom stereocenters. The van der Waals surface area contributed by atoms with Gasteiger partial charge in [0, 0.05) is 12.3 Å². The number of hydrogen-bond acceptors (Lipinski definition) is 4. The lowest BCUT2D eigenvalue weighted by Crippen LogP contribution is -2.17. The third kappa shape index (κ3) is 3.38. The van der Waals surface area contributed by atoms with Gasteiger partial charge in [-0.1, -0.05) is 12.1 Å². The first kappa shape index (κ1) is 14.6. The van der Waals surface area contributed by atoms with Crippen molar-refractivity contribution >= 4 is 11.7 Å². The molecule has 6 nitrogen and oxygen atoms in total. The fourth-order valence-corrected chi connectivity index (χ4v) is 1.99. The maximum Gasteiger partial charge on any atom is 0.313 e. The zero-order valence-electron chi connectivity index (χ0n) is 10.8. The van der Waals surface area contributed by atoms with Crippen LogP contribution in [0.2, 0.25) is 0 Å². The summed E-state index contributed by atoms with van der Waals surface area (Å²) in [6, 6.07) is 7.89. The van der Waals surface area contributed by atoms with Crippen LogP contribution in [0.1, 0.15) is 17.2 Å². The summed E-state index contributed by atoms with van der Waals surface area (Å²) in [4.78, 5) is 25.6. The highest BCUT2D eigenvalue weighted by Gasteiger charge is 2.29. The van der Waals surface area contributed by atoms with E-state index in [1.54, 1.807) is 0 Å². The molecule has 1 atom stereocenters. The normalized spacial score (nSPS) is 11.9. The van der Waals surface area contributed by atoms with Crippen LogP contribution >= 0.6 is 0 Å². The van der Waals surface area contributed by atoms with Crippen LogP contribution in [0.3, 0.4) is 0 Å². The second-order valence-corrected chi connectivity index (χ2v) is 4.39. The van der Waals surface area contributed by atoms with Crippen molar-refractivity contribution in [1.82, 2.24) is 4.98 Å². The van der Waals surface area contributed by atoms with Crippen LogP contribution in [-0.2, 0) is 11.2 Å². The van der Waals surface area contributed by atoms with Gasteiger partial charge in [-0.25, -0.2) is 4.39 Å². The predicted molar refractivity (Wildman–Crippen MR) is 71.4 cm³/mol. The monoisotopic (exact) mass is 290 g/mol. The fourth-order valence-electron chi connectivity index (χ4n) is 1.99. The molecule has 0 aliphatic rings. The van der Waals surface area contributed by atoms with Crippen LogP contribution in [0, 0.1) is 15.9 Å². The molecule has 1 N–H and O–H groups in total. The van der Waals surface area contributed by atoms with Crippen molar-refractivity contribution in [2.24, 2.45) is 0 Å². The molecule has 1 heterocycles. The molecule has 0 radical (unpaired) electrons. The van der Waals surface area contributed by atoms with E-state index in [-0.39, 0.29) is 17.8 Å². The summed E-state index contributed by atoms with van der Waals surface area (Å²) in [5, 5.41) is 20.3. The molecular formula is C14H11FN2O4. The summed E-state index contributed by atoms with van der Waals surface area (Å²) >= 11 is 0. The third-order valence-corrected chi connectivity index (χ3v) is 2.99. The number of nitro groups is 1. The van der Waals surface area contributed by atoms with Crippen LogP contribution in [0.4, 0.5) is 10.1 Å². The molecule has 2 aromatic rings. The first-order valence-corrected chi connectivity index (χ1v) is 6.05. The minimum atomic E-state index is -1.22. The average molecular weight is 290 g/mol. The highest BCUT2D eigenvalue weighted by atomic mass is 19.1. The molecule has 0 saturated carbocycles. The summed E-state index contributed by atoms with van der Waals surface area (Å²) in [6.45, 7) is 0. The summed E-state index contributed by atoms with van der Waals surface area (Å²) in [6.07, 6.45) is 1.30. The number of benzene rings is 1. The van der Waals surface area contributed by atoms with Crippen LogP contribution in [-0.4, -0.2) is 21.0 Å². The smallest absolute Gasteiger partial charge is 0.313 e. The van der Waals surface area contributed by atoms with Crippen molar-refractivity contribution in [3.05, 3.63) is 69.8 Å². The largest absolute Gasteiger partial charge is 0.481 e. The molecule has 0 bridgehead atoms. The van der Waals surface area contributed by atoms with Gasteiger partial charge in [0.15, 0.2) is 0 Å². The quantitative estimate of drug-likeness (QED) is 0.674. The first-order chi connectivity index (χ1) is 9.99. The Kier molecular flexibility index (Phi) is 4.22. The molecule has 1 aromatic heterocycles. The highest BCUT2D eigenvalue weighted by molar-refractivity contribution is 5.77. The zero-order chi connectivity index (χ0) is 15.4. The zero-order valence-corrected chi connectivity index (χ0v) is 10.8. The molecule has 0 saturated heterocycles. The Morgan fingerprint density at radius 2 is 2.00 bits per heavy atom. The Morgan fingerprint density at radius 1 is 1.33 bits per heavy atom. The van der Waals surface area contributed by atoms with E-state index in [1.165, 1.54) is 42.6 Å². The number of carboxylic acids is 1. The Morgan fingerprint density at radius 3 is 2.57 bits per heavy atom. The van der Waals surface area contributed by atoms with Crippen LogP contribution < -0.4 is 0 Å². The van der Waals surface area contributed by atoms with Crippen LogP contribution in [0.25, 0.3) is 0 Å². The van der Waals surface area contributed by atoms with E-state index in [2.05, 4.69) is 4.98 Å². The summed E-state index contributed by atoms with van der Waals surface area (Å²) in [5.41, 5.74) is 0.107. The van der Waals surface area contributed by atoms with Crippen molar-refractivity contribution in [1.29, 1.82) is 0 Å². The molecule has 0 fully saturated rings. The molecule has 21 heavy (non-hydrogen) atoms. The van der Waals surface area contributed by atoms with E-state index in [9.17, 15) is 24.4 Å². The van der Waals surface area contributed by atoms with E-state index in [1.807, 2.05) is 0 Å². The standard InChI is InChI=1S/C14H11FN2O4/c15-10-5-3-9(4-6-10)8-11(14(18)19)13-12(17(20)21)2-1-7-16-13/h1-7,11H,8H2,(H,18,19). The second-order valence-electron chi connectivity index (χ2n) is 4.39. The number of carboxylic acid groups (broad SMARTS) is 1. The summed E-state index contributed by atoms with van der Waals surface area (Å²) < 4.78 is 12.9. The van der Waals surface area contributed by atoms with Crippen molar-refractivity contribution in [2.75, 3.05) is 0 Å². The Bertz CT molecular complexity index is 673. The number of nitrogens with zero attached hydrogens (tertiary/aromatic N) is 2. The fraction of sp³-hybridized carbons (Fsp3) is 0.143. The molecule has 0 spiro atoms. The van der Waals surface area contributed by atoms with E-state index in [0.717, 1.165) is 0 Å². The van der Waals surface area contributed by atoms with E-state index in [4.69, 9.17) is 0 Å². The molecule has 108 valence electrons. The van der Waals surface area contributed by atoms with Gasteiger partial charge in [0.25, 0.3) is 5.69 Å². The van der Waals surface area contributed by atoms with Gasteiger partial charge in [0.05, 0.1) is 4.92 Å². The lowest BCUT2D eigenvalue weighted by Gasteiger charge is -2.12. The minimum absolute atomic E-state index is 0.00648. The second kappa shape index (κ2) is 6.08. The van der Waals surface area contributed by atoms with Crippen molar-refractivity contribution in [3.63, 3.8) is 0 Å². The number of halogens is 1. The van der Waals surface area contributed by atoms with Crippen molar-refractivity contribution in [2.45, 2.75) is 12.3 Å². The maximum atomic E-state index is 12.9. The maximum absolute atomic E-state index is 12.9. The van der Waals surface area contributed by atoms with Gasteiger partial charge in [-0.2, -0.15) is 0 Å². The van der Waals surface area contributed by atoms with Crippen LogP contribution in [0.5, 0.6) is 0 Å². The van der Waals surface area contributed by atoms with E-state index in [0.29, 0.717) is 5.56 Å². The number of carbonyl (C=O) groups is 1. The van der Waals surface area contributed by atoms with E-state index >= 15 is 0 Å². The van der Waals surface area contributed by atoms with Gasteiger partial charge in [0.2, 0.25) is 0 Å².